The van der Waals surface area contributed by atoms with Crippen molar-refractivity contribution < 1.29 is 14.7 Å². The Labute approximate surface area is 101 Å². The molecular weight excluding hydrogens is 220 g/mol. The average Bonchev–Trinajstić information content (AvgIpc) is 2.97. The molecule has 0 atom stereocenters. The highest BCUT2D eigenvalue weighted by Crippen LogP contribution is 2.30. The van der Waals surface area contributed by atoms with Gasteiger partial charge in [-0.25, -0.2) is 4.79 Å². The van der Waals surface area contributed by atoms with Crippen molar-refractivity contribution in [2.24, 2.45) is 11.8 Å². The summed E-state index contributed by atoms with van der Waals surface area (Å²) >= 11 is 0. The number of urea groups is 1. The van der Waals surface area contributed by atoms with Crippen molar-refractivity contribution in [3.63, 3.8) is 0 Å². The summed E-state index contributed by atoms with van der Waals surface area (Å²) in [6, 6.07) is 0.0317. The number of hydrogen-bond donors (Lipinski definition) is 2. The molecule has 0 aromatic heterocycles. The second kappa shape index (κ2) is 4.94. The predicted octanol–water partition coefficient (Wildman–Crippen LogP) is 1.29. The summed E-state index contributed by atoms with van der Waals surface area (Å²) in [7, 11) is 0. The van der Waals surface area contributed by atoms with E-state index in [2.05, 4.69) is 12.2 Å². The maximum absolute atomic E-state index is 11.9. The van der Waals surface area contributed by atoms with Crippen LogP contribution in [0.4, 0.5) is 4.79 Å². The lowest BCUT2D eigenvalue weighted by Gasteiger charge is -2.35. The van der Waals surface area contributed by atoms with Crippen molar-refractivity contribution in [3.8, 4) is 0 Å². The summed E-state index contributed by atoms with van der Waals surface area (Å²) in [5.74, 6) is 0.250. The lowest BCUT2D eigenvalue weighted by atomic mass is 9.82. The first kappa shape index (κ1) is 12.2. The minimum absolute atomic E-state index is 0.190. The van der Waals surface area contributed by atoms with Crippen molar-refractivity contribution in [3.05, 3.63) is 0 Å². The maximum Gasteiger partial charge on any atom is 0.323 e. The van der Waals surface area contributed by atoms with E-state index < -0.39 is 5.97 Å². The number of carboxylic acids is 1. The van der Waals surface area contributed by atoms with Gasteiger partial charge in [0.15, 0.2) is 0 Å². The van der Waals surface area contributed by atoms with Crippen LogP contribution >= 0.6 is 0 Å². The lowest BCUT2D eigenvalue weighted by Crippen LogP contribution is -2.51. The largest absolute Gasteiger partial charge is 0.480 e. The smallest absolute Gasteiger partial charge is 0.323 e. The zero-order valence-electron chi connectivity index (χ0n) is 10.2. The van der Waals surface area contributed by atoms with Crippen LogP contribution in [0.3, 0.4) is 0 Å². The molecule has 2 N–H and O–H groups in total. The van der Waals surface area contributed by atoms with E-state index in [1.54, 1.807) is 0 Å². The van der Waals surface area contributed by atoms with Crippen LogP contribution < -0.4 is 5.32 Å². The molecule has 96 valence electrons. The fraction of sp³-hybridized carbons (Fsp3) is 0.833. The lowest BCUT2D eigenvalue weighted by molar-refractivity contribution is -0.137. The molecule has 0 saturated heterocycles. The molecule has 0 aromatic carbocycles. The van der Waals surface area contributed by atoms with Crippen molar-refractivity contribution in [2.75, 3.05) is 13.1 Å². The summed E-state index contributed by atoms with van der Waals surface area (Å²) in [6.07, 6.45) is 4.25. The summed E-state index contributed by atoms with van der Waals surface area (Å²) in [5.41, 5.74) is 0. The maximum atomic E-state index is 11.9. The molecule has 2 aliphatic carbocycles. The number of amides is 2. The van der Waals surface area contributed by atoms with Gasteiger partial charge < -0.3 is 15.3 Å². The fourth-order valence-corrected chi connectivity index (χ4v) is 2.28. The van der Waals surface area contributed by atoms with Gasteiger partial charge in [-0.3, -0.25) is 4.79 Å². The Morgan fingerprint density at radius 1 is 1.35 bits per heavy atom. The van der Waals surface area contributed by atoms with E-state index in [4.69, 9.17) is 5.11 Å². The number of hydrogen-bond acceptors (Lipinski definition) is 2. The normalized spacial score (nSPS) is 27.1. The van der Waals surface area contributed by atoms with E-state index in [-0.39, 0.29) is 18.6 Å². The Morgan fingerprint density at radius 3 is 2.47 bits per heavy atom. The van der Waals surface area contributed by atoms with Crippen LogP contribution in [-0.4, -0.2) is 41.1 Å². The number of nitrogens with one attached hydrogen (secondary N) is 1. The Hall–Kier alpha value is -1.26. The molecular formula is C12H20N2O3. The quantitative estimate of drug-likeness (QED) is 0.760. The van der Waals surface area contributed by atoms with Gasteiger partial charge in [0.1, 0.15) is 6.54 Å². The zero-order chi connectivity index (χ0) is 12.4. The Balaban J connectivity index is 1.80. The van der Waals surface area contributed by atoms with Crippen LogP contribution in [0.25, 0.3) is 0 Å². The van der Waals surface area contributed by atoms with Gasteiger partial charge in [-0.05, 0) is 37.5 Å². The molecule has 5 heteroatoms. The van der Waals surface area contributed by atoms with Crippen LogP contribution in [-0.2, 0) is 4.79 Å². The molecule has 5 nitrogen and oxygen atoms in total. The van der Waals surface area contributed by atoms with E-state index in [1.807, 2.05) is 0 Å². The second-order valence-electron chi connectivity index (χ2n) is 5.44. The highest BCUT2D eigenvalue weighted by Gasteiger charge is 2.31. The second-order valence-corrected chi connectivity index (χ2v) is 5.44. The van der Waals surface area contributed by atoms with E-state index in [9.17, 15) is 9.59 Å². The predicted molar refractivity (Wildman–Crippen MR) is 62.7 cm³/mol. The minimum atomic E-state index is -0.942. The van der Waals surface area contributed by atoms with Gasteiger partial charge in [-0.15, -0.1) is 0 Å². The molecule has 2 rings (SSSR count). The molecule has 2 amide bonds. The number of carbonyl (C=O) groups is 2. The van der Waals surface area contributed by atoms with E-state index in [0.717, 1.165) is 25.7 Å². The molecule has 17 heavy (non-hydrogen) atoms. The Morgan fingerprint density at radius 2 is 2.00 bits per heavy atom. The summed E-state index contributed by atoms with van der Waals surface area (Å²) in [4.78, 5) is 24.1. The van der Waals surface area contributed by atoms with Gasteiger partial charge in [-0.2, -0.15) is 0 Å². The third-order valence-corrected chi connectivity index (χ3v) is 3.49. The van der Waals surface area contributed by atoms with Crippen molar-refractivity contribution >= 4 is 12.0 Å². The molecule has 0 radical (unpaired) electrons. The summed E-state index contributed by atoms with van der Waals surface area (Å²) in [5, 5.41) is 11.7. The topological polar surface area (TPSA) is 69.6 Å². The third-order valence-electron chi connectivity index (χ3n) is 3.49. The highest BCUT2D eigenvalue weighted by molar-refractivity contribution is 5.80. The van der Waals surface area contributed by atoms with Gasteiger partial charge in [0, 0.05) is 12.6 Å². The van der Waals surface area contributed by atoms with E-state index >= 15 is 0 Å². The summed E-state index contributed by atoms with van der Waals surface area (Å²) in [6.45, 7) is 2.55. The van der Waals surface area contributed by atoms with Crippen LogP contribution in [0.1, 0.15) is 32.6 Å². The summed E-state index contributed by atoms with van der Waals surface area (Å²) < 4.78 is 0. The standard InChI is InChI=1S/C12H20N2O3/c1-8-4-10(5-8)13-12(17)14(7-11(15)16)6-9-2-3-9/h8-10H,2-7H2,1H3,(H,13,17)(H,15,16). The number of carbonyl (C=O) groups excluding carboxylic acids is 1. The van der Waals surface area contributed by atoms with Gasteiger partial charge in [0.25, 0.3) is 0 Å². The third kappa shape index (κ3) is 3.61. The van der Waals surface area contributed by atoms with Crippen LogP contribution in [0.2, 0.25) is 0 Å². The Kier molecular flexibility index (Phi) is 3.54. The highest BCUT2D eigenvalue weighted by atomic mass is 16.4. The molecule has 2 aliphatic rings. The van der Waals surface area contributed by atoms with Gasteiger partial charge in [-0.1, -0.05) is 6.92 Å². The Bertz CT molecular complexity index is 309. The minimum Gasteiger partial charge on any atom is -0.480 e. The number of carboxylic acid groups (broad SMARTS) is 1. The first-order chi connectivity index (χ1) is 8.04. The molecule has 0 heterocycles. The van der Waals surface area contributed by atoms with Gasteiger partial charge >= 0.3 is 12.0 Å². The molecule has 0 aromatic rings. The first-order valence-corrected chi connectivity index (χ1v) is 6.32. The van der Waals surface area contributed by atoms with Gasteiger partial charge in [0.05, 0.1) is 0 Å². The molecule has 0 spiro atoms. The number of rotatable bonds is 5. The molecule has 2 fully saturated rings. The fourth-order valence-electron chi connectivity index (χ4n) is 2.28. The molecule has 0 aliphatic heterocycles. The van der Waals surface area contributed by atoms with Crippen LogP contribution in [0, 0.1) is 11.8 Å². The number of nitrogens with zero attached hydrogens (tertiary/aromatic N) is 1. The monoisotopic (exact) mass is 240 g/mol. The SMILES string of the molecule is CC1CC(NC(=O)N(CC(=O)O)CC2CC2)C1. The van der Waals surface area contributed by atoms with Gasteiger partial charge in [0.2, 0.25) is 0 Å². The average molecular weight is 240 g/mol. The van der Waals surface area contributed by atoms with Crippen LogP contribution in [0.15, 0.2) is 0 Å². The first-order valence-electron chi connectivity index (χ1n) is 6.32. The molecule has 0 bridgehead atoms. The van der Waals surface area contributed by atoms with E-state index in [1.165, 1.54) is 4.90 Å². The van der Waals surface area contributed by atoms with Crippen molar-refractivity contribution in [1.29, 1.82) is 0 Å². The number of aliphatic carboxylic acids is 1. The zero-order valence-corrected chi connectivity index (χ0v) is 10.2. The molecule has 2 saturated carbocycles. The van der Waals surface area contributed by atoms with Crippen molar-refractivity contribution in [1.82, 2.24) is 10.2 Å². The van der Waals surface area contributed by atoms with Crippen LogP contribution in [0.5, 0.6) is 0 Å². The van der Waals surface area contributed by atoms with E-state index in [0.29, 0.717) is 18.4 Å². The molecule has 0 unspecified atom stereocenters. The van der Waals surface area contributed by atoms with Crippen molar-refractivity contribution in [2.45, 2.75) is 38.6 Å².